The molecule has 0 aliphatic carbocycles. The Morgan fingerprint density at radius 3 is 2.05 bits per heavy atom. The molecule has 1 aromatic rings. The van der Waals surface area contributed by atoms with Crippen LogP contribution in [0.5, 0.6) is 0 Å². The van der Waals surface area contributed by atoms with Crippen LogP contribution in [0.1, 0.15) is 36.1 Å². The highest BCUT2D eigenvalue weighted by atomic mass is 16.6. The van der Waals surface area contributed by atoms with Gasteiger partial charge in [-0.05, 0) is 57.4 Å². The molecule has 1 rings (SSSR count). The van der Waals surface area contributed by atoms with Crippen molar-refractivity contribution >= 4 is 18.0 Å². The van der Waals surface area contributed by atoms with Crippen LogP contribution in [0.15, 0.2) is 29.9 Å². The zero-order valence-electron chi connectivity index (χ0n) is 12.6. The van der Waals surface area contributed by atoms with Crippen molar-refractivity contribution in [1.29, 1.82) is 0 Å². The Hall–Kier alpha value is -2.16. The Morgan fingerprint density at radius 1 is 1.00 bits per heavy atom. The third kappa shape index (κ3) is 4.84. The van der Waals surface area contributed by atoms with Crippen molar-refractivity contribution in [1.82, 2.24) is 0 Å². The standard InChI is InChI=1S/C17H20O3/c1-11(2)8-17(19)20-16(18)7-6-15-13(4)9-12(3)10-14(15)5/h6-10H,1-5H3/b7-6+. The molecule has 3 nitrogen and oxygen atoms in total. The number of hydrogen-bond acceptors (Lipinski definition) is 3. The summed E-state index contributed by atoms with van der Waals surface area (Å²) in [4.78, 5) is 22.8. The predicted octanol–water partition coefficient (Wildman–Crippen LogP) is 3.66. The summed E-state index contributed by atoms with van der Waals surface area (Å²) < 4.78 is 4.65. The molecular formula is C17H20O3. The SMILES string of the molecule is CC(C)=CC(=O)OC(=O)/C=C/c1c(C)cc(C)cc1C. The number of carbonyl (C=O) groups excluding carboxylic acids is 2. The second-order valence-corrected chi connectivity index (χ2v) is 5.11. The van der Waals surface area contributed by atoms with Gasteiger partial charge in [-0.25, -0.2) is 9.59 Å². The van der Waals surface area contributed by atoms with Crippen LogP contribution in [0.2, 0.25) is 0 Å². The zero-order valence-corrected chi connectivity index (χ0v) is 12.6. The Labute approximate surface area is 120 Å². The summed E-state index contributed by atoms with van der Waals surface area (Å²) in [7, 11) is 0. The van der Waals surface area contributed by atoms with E-state index in [9.17, 15) is 9.59 Å². The number of benzene rings is 1. The molecule has 0 amide bonds. The quantitative estimate of drug-likeness (QED) is 0.479. The lowest BCUT2D eigenvalue weighted by Crippen LogP contribution is -2.07. The lowest BCUT2D eigenvalue weighted by Gasteiger charge is -2.06. The molecular weight excluding hydrogens is 252 g/mol. The van der Waals surface area contributed by atoms with E-state index >= 15 is 0 Å². The van der Waals surface area contributed by atoms with Gasteiger partial charge in [0.2, 0.25) is 0 Å². The van der Waals surface area contributed by atoms with E-state index in [2.05, 4.69) is 4.74 Å². The molecule has 20 heavy (non-hydrogen) atoms. The molecule has 0 radical (unpaired) electrons. The Bertz CT molecular complexity index is 565. The largest absolute Gasteiger partial charge is 0.387 e. The number of aryl methyl sites for hydroxylation is 3. The van der Waals surface area contributed by atoms with E-state index < -0.39 is 11.9 Å². The van der Waals surface area contributed by atoms with Crippen molar-refractivity contribution in [3.05, 3.63) is 52.1 Å². The Kier molecular flexibility index (Phi) is 5.44. The summed E-state index contributed by atoms with van der Waals surface area (Å²) in [5.41, 5.74) is 5.11. The highest BCUT2D eigenvalue weighted by Gasteiger charge is 2.05. The van der Waals surface area contributed by atoms with Crippen molar-refractivity contribution in [2.75, 3.05) is 0 Å². The fourth-order valence-corrected chi connectivity index (χ4v) is 2.00. The van der Waals surface area contributed by atoms with Crippen LogP contribution >= 0.6 is 0 Å². The summed E-state index contributed by atoms with van der Waals surface area (Å²) in [5.74, 6) is -1.30. The molecule has 0 saturated carbocycles. The van der Waals surface area contributed by atoms with Crippen molar-refractivity contribution in [3.8, 4) is 0 Å². The second kappa shape index (κ2) is 6.85. The van der Waals surface area contributed by atoms with E-state index in [1.165, 1.54) is 17.7 Å². The first-order valence-electron chi connectivity index (χ1n) is 6.46. The average molecular weight is 272 g/mol. The molecule has 1 aromatic carbocycles. The summed E-state index contributed by atoms with van der Waals surface area (Å²) in [6.45, 7) is 9.53. The van der Waals surface area contributed by atoms with Crippen molar-refractivity contribution in [2.45, 2.75) is 34.6 Å². The topological polar surface area (TPSA) is 43.4 Å². The third-order valence-corrected chi connectivity index (χ3v) is 2.73. The molecule has 0 heterocycles. The minimum absolute atomic E-state index is 0.642. The maximum Gasteiger partial charge on any atom is 0.338 e. The molecule has 106 valence electrons. The van der Waals surface area contributed by atoms with Crippen molar-refractivity contribution in [3.63, 3.8) is 0 Å². The highest BCUT2D eigenvalue weighted by molar-refractivity contribution is 5.98. The van der Waals surface area contributed by atoms with Gasteiger partial charge in [-0.1, -0.05) is 23.3 Å². The van der Waals surface area contributed by atoms with Crippen LogP contribution in [0.4, 0.5) is 0 Å². The maximum atomic E-state index is 11.5. The van der Waals surface area contributed by atoms with Gasteiger partial charge >= 0.3 is 11.9 Å². The Balaban J connectivity index is 2.81. The number of esters is 2. The third-order valence-electron chi connectivity index (χ3n) is 2.73. The summed E-state index contributed by atoms with van der Waals surface area (Å²) >= 11 is 0. The van der Waals surface area contributed by atoms with Crippen LogP contribution < -0.4 is 0 Å². The number of hydrogen-bond donors (Lipinski definition) is 0. The first-order chi connectivity index (χ1) is 9.29. The van der Waals surface area contributed by atoms with Gasteiger partial charge < -0.3 is 4.74 Å². The van der Waals surface area contributed by atoms with E-state index in [0.29, 0.717) is 0 Å². The first-order valence-corrected chi connectivity index (χ1v) is 6.46. The van der Waals surface area contributed by atoms with Gasteiger partial charge in [0.15, 0.2) is 0 Å². The Morgan fingerprint density at radius 2 is 1.55 bits per heavy atom. The van der Waals surface area contributed by atoms with Gasteiger partial charge in [0.05, 0.1) is 0 Å². The molecule has 0 aliphatic rings. The zero-order chi connectivity index (χ0) is 15.3. The molecule has 0 bridgehead atoms. The normalized spacial score (nSPS) is 10.4. The molecule has 0 atom stereocenters. The van der Waals surface area contributed by atoms with Gasteiger partial charge in [-0.3, -0.25) is 0 Å². The fraction of sp³-hybridized carbons (Fsp3) is 0.294. The number of allylic oxidation sites excluding steroid dienone is 1. The molecule has 0 fully saturated rings. The number of carbonyl (C=O) groups is 2. The van der Waals surface area contributed by atoms with Gasteiger partial charge in [0, 0.05) is 12.2 Å². The van der Waals surface area contributed by atoms with Gasteiger partial charge in [0.25, 0.3) is 0 Å². The molecule has 0 spiro atoms. The average Bonchev–Trinajstić information content (AvgIpc) is 2.25. The predicted molar refractivity (Wildman–Crippen MR) is 80.2 cm³/mol. The summed E-state index contributed by atoms with van der Waals surface area (Å²) in [6, 6.07) is 4.10. The molecule has 3 heteroatoms. The van der Waals surface area contributed by atoms with Crippen molar-refractivity contribution < 1.29 is 14.3 Å². The van der Waals surface area contributed by atoms with E-state index in [1.807, 2.05) is 32.9 Å². The van der Waals surface area contributed by atoms with Crippen LogP contribution in [0.3, 0.4) is 0 Å². The minimum atomic E-state index is -0.660. The lowest BCUT2D eigenvalue weighted by molar-refractivity contribution is -0.152. The van der Waals surface area contributed by atoms with Crippen LogP contribution in [0.25, 0.3) is 6.08 Å². The maximum absolute atomic E-state index is 11.5. The first kappa shape index (κ1) is 15.9. The number of ether oxygens (including phenoxy) is 1. The molecule has 0 unspecified atom stereocenters. The van der Waals surface area contributed by atoms with Crippen LogP contribution in [0, 0.1) is 20.8 Å². The van der Waals surface area contributed by atoms with E-state index in [1.54, 1.807) is 19.9 Å². The monoisotopic (exact) mass is 272 g/mol. The van der Waals surface area contributed by atoms with Gasteiger partial charge in [-0.2, -0.15) is 0 Å². The summed E-state index contributed by atoms with van der Waals surface area (Å²) in [5, 5.41) is 0. The van der Waals surface area contributed by atoms with E-state index in [0.717, 1.165) is 22.3 Å². The molecule has 0 aliphatic heterocycles. The smallest absolute Gasteiger partial charge is 0.338 e. The fourth-order valence-electron chi connectivity index (χ4n) is 2.00. The van der Waals surface area contributed by atoms with Gasteiger partial charge in [0.1, 0.15) is 0 Å². The molecule has 0 N–H and O–H groups in total. The summed E-state index contributed by atoms with van der Waals surface area (Å²) in [6.07, 6.45) is 4.25. The second-order valence-electron chi connectivity index (χ2n) is 5.11. The van der Waals surface area contributed by atoms with E-state index in [-0.39, 0.29) is 0 Å². The van der Waals surface area contributed by atoms with Crippen LogP contribution in [-0.2, 0) is 14.3 Å². The molecule has 0 aromatic heterocycles. The van der Waals surface area contributed by atoms with Crippen molar-refractivity contribution in [2.24, 2.45) is 0 Å². The van der Waals surface area contributed by atoms with Gasteiger partial charge in [-0.15, -0.1) is 0 Å². The minimum Gasteiger partial charge on any atom is -0.387 e. The van der Waals surface area contributed by atoms with Crippen LogP contribution in [-0.4, -0.2) is 11.9 Å². The highest BCUT2D eigenvalue weighted by Crippen LogP contribution is 2.17. The van der Waals surface area contributed by atoms with E-state index in [4.69, 9.17) is 0 Å². The lowest BCUT2D eigenvalue weighted by atomic mass is 9.99. The number of rotatable bonds is 3. The molecule has 0 saturated heterocycles.